The van der Waals surface area contributed by atoms with Crippen LogP contribution in [0.3, 0.4) is 0 Å². The van der Waals surface area contributed by atoms with Crippen LogP contribution in [0.5, 0.6) is 0 Å². The third-order valence-corrected chi connectivity index (χ3v) is 16.5. The maximum Gasteiger partial charge on any atom is 0.472 e. The number of phosphoric acid groups is 1. The SMILES string of the molecule is CC/C=C\C/C=C\C/C=C\C/C=C\C/C=C\CCCCCCCCCCCCCCCCCC(=O)OC(COC(=O)CCCCCCCCCCCCCCCCCCCCCCCCCCCCC)COP(=O)(O)OCC[N+](C)(C)C. The minimum Gasteiger partial charge on any atom is -0.462 e. The smallest absolute Gasteiger partial charge is 0.462 e. The first-order chi connectivity index (χ1) is 40.0. The fourth-order valence-electron chi connectivity index (χ4n) is 10.2. The molecule has 0 amide bonds. The first-order valence-electron chi connectivity index (χ1n) is 35.0. The molecule has 0 bridgehead atoms. The van der Waals surface area contributed by atoms with E-state index in [0.717, 1.165) is 64.2 Å². The standard InChI is InChI=1S/C72H134NO8P/c1-6-8-10-12-14-16-18-20-22-24-26-28-30-32-34-35-36-37-39-41-43-45-47-49-51-53-55-57-59-61-63-65-72(75)81-70(69-80-82(76,77)79-67-66-73(3,4)5)68-78-71(74)64-62-60-58-56-54-52-50-48-46-44-42-40-38-33-31-29-27-25-23-21-19-17-15-13-11-9-7-2/h8,10,14,16,20,22,26,28,32,34,70H,6-7,9,11-13,15,17-19,21,23-25,27,29-31,33,35-69H2,1-5H3/p+1/b10-8-,16-14-,22-20-,28-26-,34-32-. The summed E-state index contributed by atoms with van der Waals surface area (Å²) in [5.74, 6) is -0.780. The van der Waals surface area contributed by atoms with Crippen molar-refractivity contribution in [2.75, 3.05) is 47.5 Å². The van der Waals surface area contributed by atoms with E-state index in [9.17, 15) is 19.0 Å². The molecule has 0 aliphatic heterocycles. The molecule has 0 rings (SSSR count). The van der Waals surface area contributed by atoms with E-state index in [4.69, 9.17) is 18.5 Å². The van der Waals surface area contributed by atoms with Crippen LogP contribution in [0.4, 0.5) is 0 Å². The van der Waals surface area contributed by atoms with Crippen LogP contribution in [-0.4, -0.2) is 74.9 Å². The summed E-state index contributed by atoms with van der Waals surface area (Å²) >= 11 is 0. The van der Waals surface area contributed by atoms with Gasteiger partial charge in [-0.3, -0.25) is 18.6 Å². The average Bonchev–Trinajstić information content (AvgIpc) is 3.46. The molecule has 82 heavy (non-hydrogen) atoms. The molecule has 0 radical (unpaired) electrons. The van der Waals surface area contributed by atoms with Crippen molar-refractivity contribution in [2.24, 2.45) is 0 Å². The molecule has 0 heterocycles. The van der Waals surface area contributed by atoms with E-state index in [-0.39, 0.29) is 25.6 Å². The van der Waals surface area contributed by atoms with Crippen LogP contribution < -0.4 is 0 Å². The fraction of sp³-hybridized carbons (Fsp3) is 0.833. The van der Waals surface area contributed by atoms with E-state index < -0.39 is 26.5 Å². The Kier molecular flexibility index (Phi) is 61.5. The molecule has 0 saturated carbocycles. The molecule has 2 atom stereocenters. The minimum atomic E-state index is -4.39. The van der Waals surface area contributed by atoms with E-state index in [1.807, 2.05) is 21.1 Å². The number of likely N-dealkylation sites (N-methyl/N-ethyl adjacent to an activating group) is 1. The lowest BCUT2D eigenvalue weighted by molar-refractivity contribution is -0.870. The Morgan fingerprint density at radius 3 is 1.04 bits per heavy atom. The first kappa shape index (κ1) is 79.7. The number of rotatable bonds is 65. The zero-order valence-electron chi connectivity index (χ0n) is 54.7. The molecule has 0 aliphatic rings. The third kappa shape index (κ3) is 66.8. The highest BCUT2D eigenvalue weighted by molar-refractivity contribution is 7.47. The molecule has 0 fully saturated rings. The van der Waals surface area contributed by atoms with Gasteiger partial charge < -0.3 is 18.9 Å². The summed E-state index contributed by atoms with van der Waals surface area (Å²) < 4.78 is 34.7. The summed E-state index contributed by atoms with van der Waals surface area (Å²) in [5.41, 5.74) is 0. The van der Waals surface area contributed by atoms with Gasteiger partial charge in [-0.05, 0) is 57.8 Å². The highest BCUT2D eigenvalue weighted by atomic mass is 31.2. The summed E-state index contributed by atoms with van der Waals surface area (Å²) in [6, 6.07) is 0. The number of carbonyl (C=O) groups is 2. The number of phosphoric ester groups is 1. The molecule has 9 nitrogen and oxygen atoms in total. The van der Waals surface area contributed by atoms with Gasteiger partial charge in [0.2, 0.25) is 0 Å². The van der Waals surface area contributed by atoms with Crippen LogP contribution in [0, 0.1) is 0 Å². The van der Waals surface area contributed by atoms with Gasteiger partial charge in [-0.15, -0.1) is 0 Å². The van der Waals surface area contributed by atoms with Gasteiger partial charge in [0.25, 0.3) is 0 Å². The number of quaternary nitrogens is 1. The average molecular weight is 1170 g/mol. The molecule has 0 aliphatic carbocycles. The van der Waals surface area contributed by atoms with Crippen LogP contribution in [-0.2, 0) is 32.7 Å². The number of hydrogen-bond acceptors (Lipinski definition) is 7. The Hall–Kier alpha value is -2.29. The molecule has 10 heteroatoms. The lowest BCUT2D eigenvalue weighted by atomic mass is 10.0. The van der Waals surface area contributed by atoms with E-state index in [1.54, 1.807) is 0 Å². The molecule has 2 unspecified atom stereocenters. The second-order valence-corrected chi connectivity index (χ2v) is 26.4. The summed E-state index contributed by atoms with van der Waals surface area (Å²) in [4.78, 5) is 35.9. The Balaban J connectivity index is 4.02. The van der Waals surface area contributed by atoms with Crippen molar-refractivity contribution in [2.45, 2.75) is 341 Å². The van der Waals surface area contributed by atoms with Gasteiger partial charge in [-0.25, -0.2) is 4.57 Å². The Morgan fingerprint density at radius 1 is 0.390 bits per heavy atom. The maximum atomic E-state index is 12.9. The van der Waals surface area contributed by atoms with E-state index in [1.165, 1.54) is 238 Å². The summed E-state index contributed by atoms with van der Waals surface area (Å²) in [7, 11) is 1.49. The molecule has 0 aromatic heterocycles. The predicted octanol–water partition coefficient (Wildman–Crippen LogP) is 22.6. The molecular weight excluding hydrogens is 1040 g/mol. The van der Waals surface area contributed by atoms with Gasteiger partial charge in [0.1, 0.15) is 19.8 Å². The molecule has 0 saturated heterocycles. The first-order valence-corrected chi connectivity index (χ1v) is 36.5. The van der Waals surface area contributed by atoms with Gasteiger partial charge in [-0.1, -0.05) is 325 Å². The lowest BCUT2D eigenvalue weighted by Crippen LogP contribution is -2.37. The number of carbonyl (C=O) groups excluding carboxylic acids is 2. The fourth-order valence-corrected chi connectivity index (χ4v) is 11.0. The zero-order chi connectivity index (χ0) is 59.8. The number of unbranched alkanes of at least 4 members (excludes halogenated alkanes) is 41. The van der Waals surface area contributed by atoms with Gasteiger partial charge >= 0.3 is 19.8 Å². The molecule has 1 N–H and O–H groups in total. The summed E-state index contributed by atoms with van der Waals surface area (Å²) in [5, 5.41) is 0. The van der Waals surface area contributed by atoms with Crippen molar-refractivity contribution in [3.63, 3.8) is 0 Å². The number of nitrogens with zero attached hydrogens (tertiary/aromatic N) is 1. The Bertz CT molecular complexity index is 1570. The molecular formula is C72H135NO8P+. The highest BCUT2D eigenvalue weighted by Crippen LogP contribution is 2.43. The van der Waals surface area contributed by atoms with Crippen molar-refractivity contribution >= 4 is 19.8 Å². The minimum absolute atomic E-state index is 0.0328. The van der Waals surface area contributed by atoms with Gasteiger partial charge in [0.05, 0.1) is 27.7 Å². The van der Waals surface area contributed by atoms with Gasteiger partial charge in [0, 0.05) is 12.8 Å². The Morgan fingerprint density at radius 2 is 0.695 bits per heavy atom. The molecule has 480 valence electrons. The number of allylic oxidation sites excluding steroid dienone is 10. The van der Waals surface area contributed by atoms with Crippen LogP contribution in [0.2, 0.25) is 0 Å². The van der Waals surface area contributed by atoms with E-state index in [2.05, 4.69) is 74.6 Å². The second-order valence-electron chi connectivity index (χ2n) is 24.9. The number of ether oxygens (including phenoxy) is 2. The van der Waals surface area contributed by atoms with Crippen molar-refractivity contribution in [1.82, 2.24) is 0 Å². The Labute approximate surface area is 508 Å². The lowest BCUT2D eigenvalue weighted by Gasteiger charge is -2.24. The summed E-state index contributed by atoms with van der Waals surface area (Å²) in [6.07, 6.45) is 83.3. The topological polar surface area (TPSA) is 108 Å². The molecule has 0 aromatic rings. The largest absolute Gasteiger partial charge is 0.472 e. The van der Waals surface area contributed by atoms with Crippen molar-refractivity contribution in [3.8, 4) is 0 Å². The highest BCUT2D eigenvalue weighted by Gasteiger charge is 2.27. The normalized spacial score (nSPS) is 13.5. The van der Waals surface area contributed by atoms with E-state index in [0.29, 0.717) is 23.9 Å². The van der Waals surface area contributed by atoms with Crippen LogP contribution >= 0.6 is 7.82 Å². The predicted molar refractivity (Wildman–Crippen MR) is 353 cm³/mol. The molecule has 0 spiro atoms. The van der Waals surface area contributed by atoms with Crippen molar-refractivity contribution in [3.05, 3.63) is 60.8 Å². The van der Waals surface area contributed by atoms with Crippen LogP contribution in [0.15, 0.2) is 60.8 Å². The van der Waals surface area contributed by atoms with Gasteiger partial charge in [0.15, 0.2) is 6.10 Å². The van der Waals surface area contributed by atoms with Crippen molar-refractivity contribution < 1.29 is 42.1 Å². The monoisotopic (exact) mass is 1170 g/mol. The van der Waals surface area contributed by atoms with E-state index >= 15 is 0 Å². The van der Waals surface area contributed by atoms with Gasteiger partial charge in [-0.2, -0.15) is 0 Å². The van der Waals surface area contributed by atoms with Crippen LogP contribution in [0.1, 0.15) is 335 Å². The van der Waals surface area contributed by atoms with Crippen molar-refractivity contribution in [1.29, 1.82) is 0 Å². The maximum absolute atomic E-state index is 12.9. The zero-order valence-corrected chi connectivity index (χ0v) is 55.6. The number of esters is 2. The third-order valence-electron chi connectivity index (χ3n) is 15.6. The quantitative estimate of drug-likeness (QED) is 0.0211. The molecule has 0 aromatic carbocycles. The number of hydrogen-bond donors (Lipinski definition) is 1. The van der Waals surface area contributed by atoms with Crippen LogP contribution in [0.25, 0.3) is 0 Å². The summed E-state index contributed by atoms with van der Waals surface area (Å²) in [6.45, 7) is 4.38. The second kappa shape index (κ2) is 63.2.